The second-order valence-corrected chi connectivity index (χ2v) is 5.02. The summed E-state index contributed by atoms with van der Waals surface area (Å²) in [5, 5.41) is 0. The van der Waals surface area contributed by atoms with Gasteiger partial charge in [0, 0.05) is 0 Å². The van der Waals surface area contributed by atoms with Crippen LogP contribution in [0.4, 0.5) is 4.39 Å². The van der Waals surface area contributed by atoms with Gasteiger partial charge in [0.1, 0.15) is 5.82 Å². The van der Waals surface area contributed by atoms with Gasteiger partial charge in [-0.15, -0.1) is 0 Å². The van der Waals surface area contributed by atoms with Crippen LogP contribution in [0.1, 0.15) is 38.7 Å². The molecule has 1 aliphatic carbocycles. The van der Waals surface area contributed by atoms with Crippen LogP contribution in [-0.2, 0) is 0 Å². The van der Waals surface area contributed by atoms with Crippen molar-refractivity contribution in [1.82, 2.24) is 0 Å². The summed E-state index contributed by atoms with van der Waals surface area (Å²) in [6.07, 6.45) is 5.76. The lowest BCUT2D eigenvalue weighted by atomic mass is 9.81. The summed E-state index contributed by atoms with van der Waals surface area (Å²) in [5.41, 5.74) is 2.37. The third kappa shape index (κ3) is 2.52. The average molecular weight is 218 g/mol. The number of hydrogen-bond acceptors (Lipinski definition) is 0. The molecule has 0 saturated heterocycles. The summed E-state index contributed by atoms with van der Waals surface area (Å²) in [4.78, 5) is 0. The lowest BCUT2D eigenvalue weighted by Crippen LogP contribution is -2.11. The Morgan fingerprint density at radius 2 is 2.12 bits per heavy atom. The molecule has 16 heavy (non-hydrogen) atoms. The van der Waals surface area contributed by atoms with E-state index in [0.29, 0.717) is 0 Å². The fourth-order valence-electron chi connectivity index (χ4n) is 2.41. The van der Waals surface area contributed by atoms with Gasteiger partial charge in [-0.25, -0.2) is 4.39 Å². The van der Waals surface area contributed by atoms with E-state index in [1.165, 1.54) is 18.1 Å². The standard InChI is InChI=1S/C15H19F/c1-11(2)12-6-8-13(9-7-12)14-4-3-5-15(16)10-14/h3-5,8,10-12H,6-7,9H2,1-2H3. The molecule has 0 amide bonds. The van der Waals surface area contributed by atoms with Gasteiger partial charge in [-0.1, -0.05) is 32.1 Å². The Balaban J connectivity index is 2.13. The molecule has 0 fully saturated rings. The van der Waals surface area contributed by atoms with Crippen molar-refractivity contribution in [3.8, 4) is 0 Å². The monoisotopic (exact) mass is 218 g/mol. The van der Waals surface area contributed by atoms with Gasteiger partial charge < -0.3 is 0 Å². The number of halogens is 1. The van der Waals surface area contributed by atoms with E-state index in [9.17, 15) is 4.39 Å². The highest BCUT2D eigenvalue weighted by Gasteiger charge is 2.18. The van der Waals surface area contributed by atoms with Crippen LogP contribution in [0.5, 0.6) is 0 Å². The maximum Gasteiger partial charge on any atom is 0.123 e. The lowest BCUT2D eigenvalue weighted by molar-refractivity contribution is 0.359. The number of benzene rings is 1. The maximum atomic E-state index is 13.1. The Kier molecular flexibility index (Phi) is 3.42. The van der Waals surface area contributed by atoms with Crippen molar-refractivity contribution in [3.05, 3.63) is 41.7 Å². The molecule has 1 aliphatic rings. The molecule has 1 aromatic carbocycles. The molecule has 0 spiro atoms. The minimum Gasteiger partial charge on any atom is -0.207 e. The van der Waals surface area contributed by atoms with Crippen LogP contribution in [0.3, 0.4) is 0 Å². The molecule has 1 unspecified atom stereocenters. The molecule has 0 N–H and O–H groups in total. The molecule has 86 valence electrons. The van der Waals surface area contributed by atoms with Crippen molar-refractivity contribution < 1.29 is 4.39 Å². The number of rotatable bonds is 2. The Morgan fingerprint density at radius 3 is 2.69 bits per heavy atom. The zero-order valence-corrected chi connectivity index (χ0v) is 10.0. The van der Waals surface area contributed by atoms with Crippen molar-refractivity contribution in [1.29, 1.82) is 0 Å². The predicted molar refractivity (Wildman–Crippen MR) is 66.6 cm³/mol. The van der Waals surface area contributed by atoms with Crippen molar-refractivity contribution in [3.63, 3.8) is 0 Å². The van der Waals surface area contributed by atoms with Crippen LogP contribution in [0, 0.1) is 17.7 Å². The first-order valence-corrected chi connectivity index (χ1v) is 6.12. The fraction of sp³-hybridized carbons (Fsp3) is 0.467. The molecule has 0 aliphatic heterocycles. The Bertz CT molecular complexity index is 390. The number of hydrogen-bond donors (Lipinski definition) is 0. The van der Waals surface area contributed by atoms with Crippen molar-refractivity contribution >= 4 is 5.57 Å². The minimum absolute atomic E-state index is 0.135. The van der Waals surface area contributed by atoms with Crippen LogP contribution in [-0.4, -0.2) is 0 Å². The van der Waals surface area contributed by atoms with Crippen LogP contribution >= 0.6 is 0 Å². The highest BCUT2D eigenvalue weighted by molar-refractivity contribution is 5.66. The molecule has 0 saturated carbocycles. The predicted octanol–water partition coefficient (Wildman–Crippen LogP) is 4.67. The van der Waals surface area contributed by atoms with Crippen LogP contribution in [0.2, 0.25) is 0 Å². The second kappa shape index (κ2) is 4.82. The smallest absolute Gasteiger partial charge is 0.123 e. The summed E-state index contributed by atoms with van der Waals surface area (Å²) < 4.78 is 13.1. The largest absolute Gasteiger partial charge is 0.207 e. The molecule has 0 nitrogen and oxygen atoms in total. The van der Waals surface area contributed by atoms with Gasteiger partial charge in [0.05, 0.1) is 0 Å². The maximum absolute atomic E-state index is 13.1. The Morgan fingerprint density at radius 1 is 1.31 bits per heavy atom. The summed E-state index contributed by atoms with van der Waals surface area (Å²) in [5.74, 6) is 1.42. The van der Waals surface area contributed by atoms with Crippen molar-refractivity contribution in [2.24, 2.45) is 11.8 Å². The quantitative estimate of drug-likeness (QED) is 0.677. The van der Waals surface area contributed by atoms with Gasteiger partial charge >= 0.3 is 0 Å². The summed E-state index contributed by atoms with van der Waals surface area (Å²) in [6, 6.07) is 6.94. The molecule has 0 radical (unpaired) electrons. The van der Waals surface area contributed by atoms with E-state index in [0.717, 1.165) is 30.2 Å². The molecule has 2 rings (SSSR count). The van der Waals surface area contributed by atoms with E-state index in [2.05, 4.69) is 19.9 Å². The molecule has 1 aromatic rings. The highest BCUT2D eigenvalue weighted by atomic mass is 19.1. The summed E-state index contributed by atoms with van der Waals surface area (Å²) >= 11 is 0. The first-order chi connectivity index (χ1) is 7.66. The topological polar surface area (TPSA) is 0 Å². The van der Waals surface area contributed by atoms with E-state index >= 15 is 0 Å². The van der Waals surface area contributed by atoms with Gasteiger partial charge in [-0.3, -0.25) is 0 Å². The summed E-state index contributed by atoms with van der Waals surface area (Å²) in [7, 11) is 0. The SMILES string of the molecule is CC(C)C1CC=C(c2cccc(F)c2)CC1. The third-order valence-electron chi connectivity index (χ3n) is 3.59. The normalized spacial score (nSPS) is 21.0. The molecule has 1 heteroatoms. The fourth-order valence-corrected chi connectivity index (χ4v) is 2.41. The minimum atomic E-state index is -0.135. The van der Waals surface area contributed by atoms with Gasteiger partial charge in [-0.2, -0.15) is 0 Å². The molecule has 0 aromatic heterocycles. The molecular weight excluding hydrogens is 199 g/mol. The third-order valence-corrected chi connectivity index (χ3v) is 3.59. The summed E-state index contributed by atoms with van der Waals surface area (Å²) in [6.45, 7) is 4.57. The first kappa shape index (κ1) is 11.4. The lowest BCUT2D eigenvalue weighted by Gasteiger charge is -2.25. The van der Waals surface area contributed by atoms with Gasteiger partial charge in [-0.05, 0) is 54.4 Å². The van der Waals surface area contributed by atoms with Crippen LogP contribution < -0.4 is 0 Å². The Hall–Kier alpha value is -1.11. The molecular formula is C15H19F. The molecule has 0 heterocycles. The molecule has 1 atom stereocenters. The van der Waals surface area contributed by atoms with E-state index in [1.54, 1.807) is 12.1 Å². The zero-order chi connectivity index (χ0) is 11.5. The van der Waals surface area contributed by atoms with Crippen molar-refractivity contribution in [2.45, 2.75) is 33.1 Å². The van der Waals surface area contributed by atoms with Crippen molar-refractivity contribution in [2.75, 3.05) is 0 Å². The van der Waals surface area contributed by atoms with Gasteiger partial charge in [0.15, 0.2) is 0 Å². The van der Waals surface area contributed by atoms with Gasteiger partial charge in [0.25, 0.3) is 0 Å². The van der Waals surface area contributed by atoms with E-state index < -0.39 is 0 Å². The first-order valence-electron chi connectivity index (χ1n) is 6.12. The number of allylic oxidation sites excluding steroid dienone is 2. The Labute approximate surface area is 97.2 Å². The van der Waals surface area contributed by atoms with Crippen LogP contribution in [0.15, 0.2) is 30.3 Å². The average Bonchev–Trinajstić information content (AvgIpc) is 2.29. The second-order valence-electron chi connectivity index (χ2n) is 5.02. The van der Waals surface area contributed by atoms with Crippen LogP contribution in [0.25, 0.3) is 5.57 Å². The zero-order valence-electron chi connectivity index (χ0n) is 10.0. The van der Waals surface area contributed by atoms with Gasteiger partial charge in [0.2, 0.25) is 0 Å². The van der Waals surface area contributed by atoms with E-state index in [1.807, 2.05) is 6.07 Å². The highest BCUT2D eigenvalue weighted by Crippen LogP contribution is 2.33. The molecule has 0 bridgehead atoms. The van der Waals surface area contributed by atoms with E-state index in [-0.39, 0.29) is 5.82 Å². The van der Waals surface area contributed by atoms with E-state index in [4.69, 9.17) is 0 Å².